The molecule has 0 bridgehead atoms. The van der Waals surface area contributed by atoms with Gasteiger partial charge in [0.05, 0.1) is 0 Å². The Morgan fingerprint density at radius 1 is 1.00 bits per heavy atom. The lowest BCUT2D eigenvalue weighted by Crippen LogP contribution is -2.44. The summed E-state index contributed by atoms with van der Waals surface area (Å²) < 4.78 is 0. The predicted molar refractivity (Wildman–Crippen MR) is 85.1 cm³/mol. The van der Waals surface area contributed by atoms with Crippen molar-refractivity contribution in [3.63, 3.8) is 0 Å². The SMILES string of the molecule is CN(CCN(C)C1CCCC1)C(=O)[C@H](O)C1CCCCC1. The van der Waals surface area contributed by atoms with Crippen molar-refractivity contribution in [2.45, 2.75) is 69.9 Å². The van der Waals surface area contributed by atoms with Gasteiger partial charge < -0.3 is 14.9 Å². The van der Waals surface area contributed by atoms with Crippen molar-refractivity contribution in [3.05, 3.63) is 0 Å². The maximum absolute atomic E-state index is 12.3. The predicted octanol–water partition coefficient (Wildman–Crippen LogP) is 2.26. The molecule has 1 amide bonds. The number of rotatable bonds is 6. The van der Waals surface area contributed by atoms with Crippen LogP contribution in [0.25, 0.3) is 0 Å². The fourth-order valence-electron chi connectivity index (χ4n) is 3.82. The summed E-state index contributed by atoms with van der Waals surface area (Å²) in [6.45, 7) is 1.62. The lowest BCUT2D eigenvalue weighted by Gasteiger charge is -2.31. The van der Waals surface area contributed by atoms with Crippen molar-refractivity contribution in [3.8, 4) is 0 Å². The van der Waals surface area contributed by atoms with Crippen molar-refractivity contribution in [2.75, 3.05) is 27.2 Å². The van der Waals surface area contributed by atoms with E-state index in [4.69, 9.17) is 0 Å². The average molecular weight is 296 g/mol. The molecule has 21 heavy (non-hydrogen) atoms. The molecule has 0 heterocycles. The Bertz CT molecular complexity index is 323. The van der Waals surface area contributed by atoms with E-state index < -0.39 is 6.10 Å². The minimum Gasteiger partial charge on any atom is -0.383 e. The highest BCUT2D eigenvalue weighted by Crippen LogP contribution is 2.27. The van der Waals surface area contributed by atoms with E-state index in [0.29, 0.717) is 6.04 Å². The molecule has 0 saturated heterocycles. The highest BCUT2D eigenvalue weighted by molar-refractivity contribution is 5.80. The maximum Gasteiger partial charge on any atom is 0.251 e. The average Bonchev–Trinajstić information content (AvgIpc) is 3.06. The molecule has 1 N–H and O–H groups in total. The number of aliphatic hydroxyl groups excluding tert-OH is 1. The van der Waals surface area contributed by atoms with Gasteiger partial charge in [0.2, 0.25) is 0 Å². The Kier molecular flexibility index (Phi) is 6.49. The molecule has 1 atom stereocenters. The van der Waals surface area contributed by atoms with Gasteiger partial charge in [0, 0.05) is 26.2 Å². The molecule has 0 spiro atoms. The van der Waals surface area contributed by atoms with E-state index in [0.717, 1.165) is 38.8 Å². The van der Waals surface area contributed by atoms with Crippen LogP contribution in [0.5, 0.6) is 0 Å². The Labute approximate surface area is 129 Å². The third-order valence-corrected chi connectivity index (χ3v) is 5.46. The Morgan fingerprint density at radius 2 is 1.57 bits per heavy atom. The largest absolute Gasteiger partial charge is 0.383 e. The molecule has 0 unspecified atom stereocenters. The first-order valence-corrected chi connectivity index (χ1v) is 8.73. The Morgan fingerprint density at radius 3 is 2.19 bits per heavy atom. The lowest BCUT2D eigenvalue weighted by molar-refractivity contribution is -0.142. The molecule has 2 aliphatic rings. The zero-order valence-electron chi connectivity index (χ0n) is 13.8. The zero-order valence-corrected chi connectivity index (χ0v) is 13.8. The van der Waals surface area contributed by atoms with Crippen LogP contribution in [0.3, 0.4) is 0 Å². The van der Waals surface area contributed by atoms with E-state index in [1.165, 1.54) is 32.1 Å². The molecule has 122 valence electrons. The fraction of sp³-hybridized carbons (Fsp3) is 0.941. The number of carbonyl (C=O) groups is 1. The number of aliphatic hydroxyl groups is 1. The van der Waals surface area contributed by atoms with E-state index in [1.807, 2.05) is 7.05 Å². The first-order chi connectivity index (χ1) is 10.1. The second-order valence-electron chi connectivity index (χ2n) is 7.02. The molecular formula is C17H32N2O2. The van der Waals surface area contributed by atoms with Crippen molar-refractivity contribution < 1.29 is 9.90 Å². The standard InChI is InChI=1S/C17H32N2O2/c1-18(15-10-6-7-11-15)12-13-19(2)17(21)16(20)14-8-4-3-5-9-14/h14-16,20H,3-13H2,1-2H3/t16-/m1/s1. The van der Waals surface area contributed by atoms with Gasteiger partial charge in [0.1, 0.15) is 6.10 Å². The van der Waals surface area contributed by atoms with Crippen LogP contribution < -0.4 is 0 Å². The van der Waals surface area contributed by atoms with Gasteiger partial charge in [0.25, 0.3) is 5.91 Å². The topological polar surface area (TPSA) is 43.8 Å². The molecule has 0 aromatic rings. The summed E-state index contributed by atoms with van der Waals surface area (Å²) in [5.41, 5.74) is 0. The number of likely N-dealkylation sites (N-methyl/N-ethyl adjacent to an activating group) is 2. The highest BCUT2D eigenvalue weighted by Gasteiger charge is 2.29. The molecule has 2 rings (SSSR count). The highest BCUT2D eigenvalue weighted by atomic mass is 16.3. The summed E-state index contributed by atoms with van der Waals surface area (Å²) in [4.78, 5) is 16.4. The monoisotopic (exact) mass is 296 g/mol. The van der Waals surface area contributed by atoms with Crippen LogP contribution in [0, 0.1) is 5.92 Å². The first kappa shape index (κ1) is 16.8. The molecule has 4 nitrogen and oxygen atoms in total. The van der Waals surface area contributed by atoms with E-state index in [2.05, 4.69) is 11.9 Å². The number of hydrogen-bond acceptors (Lipinski definition) is 3. The number of amides is 1. The van der Waals surface area contributed by atoms with Crippen LogP contribution in [0.2, 0.25) is 0 Å². The molecule has 0 aliphatic heterocycles. The van der Waals surface area contributed by atoms with Crippen LogP contribution in [-0.4, -0.2) is 60.1 Å². The third-order valence-electron chi connectivity index (χ3n) is 5.46. The number of nitrogens with zero attached hydrogens (tertiary/aromatic N) is 2. The molecule has 2 saturated carbocycles. The van der Waals surface area contributed by atoms with Crippen molar-refractivity contribution >= 4 is 5.91 Å². The number of hydrogen-bond donors (Lipinski definition) is 1. The Balaban J connectivity index is 1.73. The first-order valence-electron chi connectivity index (χ1n) is 8.73. The van der Waals surface area contributed by atoms with Crippen LogP contribution in [0.15, 0.2) is 0 Å². The van der Waals surface area contributed by atoms with Gasteiger partial charge >= 0.3 is 0 Å². The van der Waals surface area contributed by atoms with Crippen LogP contribution in [0.4, 0.5) is 0 Å². The normalized spacial score (nSPS) is 22.7. The number of carbonyl (C=O) groups excluding carboxylic acids is 1. The van der Waals surface area contributed by atoms with Gasteiger partial charge in [-0.2, -0.15) is 0 Å². The Hall–Kier alpha value is -0.610. The van der Waals surface area contributed by atoms with E-state index in [-0.39, 0.29) is 11.8 Å². The van der Waals surface area contributed by atoms with Crippen LogP contribution in [0.1, 0.15) is 57.8 Å². The van der Waals surface area contributed by atoms with Gasteiger partial charge in [-0.25, -0.2) is 0 Å². The van der Waals surface area contributed by atoms with Gasteiger partial charge in [0.15, 0.2) is 0 Å². The van der Waals surface area contributed by atoms with E-state index >= 15 is 0 Å². The van der Waals surface area contributed by atoms with Gasteiger partial charge in [-0.3, -0.25) is 4.79 Å². The molecule has 0 aromatic carbocycles. The summed E-state index contributed by atoms with van der Waals surface area (Å²) in [5, 5.41) is 10.3. The van der Waals surface area contributed by atoms with Crippen LogP contribution >= 0.6 is 0 Å². The second kappa shape index (κ2) is 8.14. The molecule has 2 aliphatic carbocycles. The smallest absolute Gasteiger partial charge is 0.251 e. The van der Waals surface area contributed by atoms with Gasteiger partial charge in [-0.05, 0) is 38.6 Å². The van der Waals surface area contributed by atoms with E-state index in [1.54, 1.807) is 4.90 Å². The molecule has 0 radical (unpaired) electrons. The molecule has 0 aromatic heterocycles. The summed E-state index contributed by atoms with van der Waals surface area (Å²) in [6, 6.07) is 0.691. The molecule has 4 heteroatoms. The molecule has 2 fully saturated rings. The third kappa shape index (κ3) is 4.68. The second-order valence-corrected chi connectivity index (χ2v) is 7.02. The van der Waals surface area contributed by atoms with Gasteiger partial charge in [-0.15, -0.1) is 0 Å². The van der Waals surface area contributed by atoms with Gasteiger partial charge in [-0.1, -0.05) is 32.1 Å². The summed E-state index contributed by atoms with van der Waals surface area (Å²) in [6.07, 6.45) is 10.0. The summed E-state index contributed by atoms with van der Waals surface area (Å²) >= 11 is 0. The fourth-order valence-corrected chi connectivity index (χ4v) is 3.82. The minimum absolute atomic E-state index is 0.0817. The summed E-state index contributed by atoms with van der Waals surface area (Å²) in [5.74, 6) is 0.1000. The van der Waals surface area contributed by atoms with E-state index in [9.17, 15) is 9.90 Å². The quantitative estimate of drug-likeness (QED) is 0.817. The van der Waals surface area contributed by atoms with Crippen molar-refractivity contribution in [1.82, 2.24) is 9.80 Å². The van der Waals surface area contributed by atoms with Crippen LogP contribution in [-0.2, 0) is 4.79 Å². The minimum atomic E-state index is -0.785. The summed E-state index contributed by atoms with van der Waals surface area (Å²) in [7, 11) is 3.99. The zero-order chi connectivity index (χ0) is 15.2. The van der Waals surface area contributed by atoms with Crippen molar-refractivity contribution in [2.24, 2.45) is 5.92 Å². The maximum atomic E-state index is 12.3. The van der Waals surface area contributed by atoms with Crippen molar-refractivity contribution in [1.29, 1.82) is 0 Å². The molecular weight excluding hydrogens is 264 g/mol. The lowest BCUT2D eigenvalue weighted by atomic mass is 9.85.